The van der Waals surface area contributed by atoms with Gasteiger partial charge in [0.2, 0.25) is 15.9 Å². The molecule has 3 rings (SSSR count). The number of rotatable bonds is 5. The number of fused-ring (bicyclic) bond motifs is 1. The van der Waals surface area contributed by atoms with Gasteiger partial charge in [0.25, 0.3) is 0 Å². The summed E-state index contributed by atoms with van der Waals surface area (Å²) in [6.45, 7) is 7.43. The first-order chi connectivity index (χ1) is 13.1. The van der Waals surface area contributed by atoms with Crippen LogP contribution in [0.4, 0.5) is 15.8 Å². The lowest BCUT2D eigenvalue weighted by Gasteiger charge is -2.36. The molecule has 1 atom stereocenters. The molecule has 0 fully saturated rings. The van der Waals surface area contributed by atoms with Crippen LogP contribution < -0.4 is 9.62 Å². The molecule has 5 nitrogen and oxygen atoms in total. The smallest absolute Gasteiger partial charge is 0.236 e. The second kappa shape index (κ2) is 7.54. The van der Waals surface area contributed by atoms with Crippen LogP contribution >= 0.6 is 0 Å². The Kier molecular flexibility index (Phi) is 5.48. The second-order valence-electron chi connectivity index (χ2n) is 7.71. The molecule has 0 aliphatic carbocycles. The van der Waals surface area contributed by atoms with Crippen molar-refractivity contribution in [1.82, 2.24) is 0 Å². The molecule has 150 valence electrons. The molecule has 0 saturated heterocycles. The van der Waals surface area contributed by atoms with Crippen LogP contribution in [0.3, 0.4) is 0 Å². The maximum Gasteiger partial charge on any atom is 0.236 e. The monoisotopic (exact) mass is 404 g/mol. The number of nitrogens with one attached hydrogen (secondary N) is 1. The van der Waals surface area contributed by atoms with Crippen molar-refractivity contribution in [2.24, 2.45) is 0 Å². The molecule has 0 aromatic heterocycles. The van der Waals surface area contributed by atoms with Gasteiger partial charge in [0.05, 0.1) is 17.1 Å². The zero-order chi connectivity index (χ0) is 20.6. The van der Waals surface area contributed by atoms with Crippen molar-refractivity contribution >= 4 is 27.3 Å². The highest BCUT2D eigenvalue weighted by Gasteiger charge is 2.33. The van der Waals surface area contributed by atoms with Crippen LogP contribution in [0.15, 0.2) is 36.4 Å². The molecule has 0 radical (unpaired) electrons. The molecule has 28 heavy (non-hydrogen) atoms. The first-order valence-corrected chi connectivity index (χ1v) is 10.9. The van der Waals surface area contributed by atoms with E-state index in [4.69, 9.17) is 0 Å². The Hall–Kier alpha value is -2.41. The molecule has 1 N–H and O–H groups in total. The van der Waals surface area contributed by atoms with E-state index < -0.39 is 15.8 Å². The molecule has 7 heteroatoms. The summed E-state index contributed by atoms with van der Waals surface area (Å²) in [4.78, 5) is 13.8. The van der Waals surface area contributed by atoms with Gasteiger partial charge in [0, 0.05) is 18.5 Å². The van der Waals surface area contributed by atoms with Crippen LogP contribution in [-0.2, 0) is 20.6 Å². The Morgan fingerprint density at radius 1 is 1.21 bits per heavy atom. The van der Waals surface area contributed by atoms with E-state index >= 15 is 0 Å². The van der Waals surface area contributed by atoms with E-state index in [1.165, 1.54) is 4.90 Å². The highest BCUT2D eigenvalue weighted by atomic mass is 32.2. The van der Waals surface area contributed by atoms with E-state index in [9.17, 15) is 17.6 Å². The third-order valence-electron chi connectivity index (χ3n) is 4.88. The molecule has 1 unspecified atom stereocenters. The molecule has 0 spiro atoms. The SMILES string of the molecule is Cc1ccc(CS(=O)(=O)Nc2cc(F)c3c(c2)C(C)CC(=O)N3C(C)C)cc1. The van der Waals surface area contributed by atoms with Gasteiger partial charge in [-0.05, 0) is 43.9 Å². The van der Waals surface area contributed by atoms with Gasteiger partial charge in [-0.3, -0.25) is 9.52 Å². The Balaban J connectivity index is 1.92. The summed E-state index contributed by atoms with van der Waals surface area (Å²) < 4.78 is 42.5. The zero-order valence-electron chi connectivity index (χ0n) is 16.5. The molecular formula is C21H25FN2O3S. The number of benzene rings is 2. The molecule has 0 saturated carbocycles. The number of hydrogen-bond acceptors (Lipinski definition) is 3. The van der Waals surface area contributed by atoms with Gasteiger partial charge in [0.1, 0.15) is 5.82 Å². The average Bonchev–Trinajstić information content (AvgIpc) is 2.57. The van der Waals surface area contributed by atoms with Crippen molar-refractivity contribution in [2.45, 2.75) is 51.8 Å². The van der Waals surface area contributed by atoms with Gasteiger partial charge < -0.3 is 4.90 Å². The number of halogens is 1. The fourth-order valence-corrected chi connectivity index (χ4v) is 4.75. The zero-order valence-corrected chi connectivity index (χ0v) is 17.3. The fourth-order valence-electron chi connectivity index (χ4n) is 3.57. The Labute approximate surface area is 165 Å². The maximum absolute atomic E-state index is 14.9. The predicted molar refractivity (Wildman–Crippen MR) is 109 cm³/mol. The second-order valence-corrected chi connectivity index (χ2v) is 9.43. The molecule has 1 aliphatic heterocycles. The Bertz CT molecular complexity index is 1000. The van der Waals surface area contributed by atoms with Gasteiger partial charge in [-0.2, -0.15) is 0 Å². The van der Waals surface area contributed by atoms with Crippen molar-refractivity contribution in [1.29, 1.82) is 0 Å². The topological polar surface area (TPSA) is 66.5 Å². The Morgan fingerprint density at radius 2 is 1.86 bits per heavy atom. The highest BCUT2D eigenvalue weighted by Crippen LogP contribution is 2.40. The van der Waals surface area contributed by atoms with Crippen LogP contribution in [0, 0.1) is 12.7 Å². The summed E-state index contributed by atoms with van der Waals surface area (Å²) in [5, 5.41) is 0. The number of nitrogens with zero attached hydrogens (tertiary/aromatic N) is 1. The maximum atomic E-state index is 14.9. The summed E-state index contributed by atoms with van der Waals surface area (Å²) in [6.07, 6.45) is 0.268. The molecule has 1 aliphatic rings. The number of hydrogen-bond donors (Lipinski definition) is 1. The van der Waals surface area contributed by atoms with E-state index in [-0.39, 0.29) is 41.4 Å². The molecule has 1 amide bonds. The summed E-state index contributed by atoms with van der Waals surface area (Å²) in [5.74, 6) is -1.10. The molecular weight excluding hydrogens is 379 g/mol. The van der Waals surface area contributed by atoms with Gasteiger partial charge in [-0.25, -0.2) is 12.8 Å². The number of carbonyl (C=O) groups excluding carboxylic acids is 1. The number of anilines is 2. The van der Waals surface area contributed by atoms with Gasteiger partial charge >= 0.3 is 0 Å². The van der Waals surface area contributed by atoms with Gasteiger partial charge in [0.15, 0.2) is 0 Å². The van der Waals surface area contributed by atoms with Crippen LogP contribution in [0.2, 0.25) is 0 Å². The lowest BCUT2D eigenvalue weighted by Crippen LogP contribution is -2.41. The minimum Gasteiger partial charge on any atom is -0.307 e. The van der Waals surface area contributed by atoms with E-state index in [2.05, 4.69) is 4.72 Å². The molecule has 2 aromatic rings. The lowest BCUT2D eigenvalue weighted by atomic mass is 9.89. The van der Waals surface area contributed by atoms with Crippen LogP contribution in [-0.4, -0.2) is 20.4 Å². The van der Waals surface area contributed by atoms with Crippen molar-refractivity contribution in [3.8, 4) is 0 Å². The fraction of sp³-hybridized carbons (Fsp3) is 0.381. The molecule has 1 heterocycles. The minimum atomic E-state index is -3.70. The van der Waals surface area contributed by atoms with E-state index in [0.717, 1.165) is 11.6 Å². The highest BCUT2D eigenvalue weighted by molar-refractivity contribution is 7.91. The van der Waals surface area contributed by atoms with Crippen molar-refractivity contribution in [3.05, 3.63) is 58.9 Å². The third-order valence-corrected chi connectivity index (χ3v) is 6.14. The first kappa shape index (κ1) is 20.3. The number of aryl methyl sites for hydroxylation is 1. The average molecular weight is 405 g/mol. The van der Waals surface area contributed by atoms with Crippen LogP contribution in [0.5, 0.6) is 0 Å². The minimum absolute atomic E-state index is 0.124. The number of amides is 1. The van der Waals surface area contributed by atoms with E-state index in [1.54, 1.807) is 18.2 Å². The summed E-state index contributed by atoms with van der Waals surface area (Å²) >= 11 is 0. The quantitative estimate of drug-likeness (QED) is 0.807. The van der Waals surface area contributed by atoms with E-state index in [1.807, 2.05) is 39.8 Å². The van der Waals surface area contributed by atoms with E-state index in [0.29, 0.717) is 11.1 Å². The first-order valence-electron chi connectivity index (χ1n) is 9.29. The van der Waals surface area contributed by atoms with Gasteiger partial charge in [-0.1, -0.05) is 36.8 Å². The van der Waals surface area contributed by atoms with Crippen LogP contribution in [0.25, 0.3) is 0 Å². The number of sulfonamides is 1. The molecule has 2 aromatic carbocycles. The predicted octanol–water partition coefficient (Wildman–Crippen LogP) is 4.32. The summed E-state index contributed by atoms with van der Waals surface area (Å²) in [6, 6.07) is 9.82. The van der Waals surface area contributed by atoms with Gasteiger partial charge in [-0.15, -0.1) is 0 Å². The number of carbonyl (C=O) groups is 1. The lowest BCUT2D eigenvalue weighted by molar-refractivity contribution is -0.119. The largest absolute Gasteiger partial charge is 0.307 e. The normalized spacial score (nSPS) is 17.0. The molecule has 0 bridgehead atoms. The van der Waals surface area contributed by atoms with Crippen LogP contribution in [0.1, 0.15) is 49.8 Å². The van der Waals surface area contributed by atoms with Crippen molar-refractivity contribution < 1.29 is 17.6 Å². The van der Waals surface area contributed by atoms with Crippen molar-refractivity contribution in [2.75, 3.05) is 9.62 Å². The van der Waals surface area contributed by atoms with Crippen molar-refractivity contribution in [3.63, 3.8) is 0 Å². The summed E-state index contributed by atoms with van der Waals surface area (Å²) in [7, 11) is -3.70. The Morgan fingerprint density at radius 3 is 2.46 bits per heavy atom. The standard InChI is InChI=1S/C21H25FN2O3S/c1-13(2)24-20(25)9-15(4)18-10-17(11-19(22)21(18)24)23-28(26,27)12-16-7-5-14(3)6-8-16/h5-8,10-11,13,15,23H,9,12H2,1-4H3. The summed E-state index contributed by atoms with van der Waals surface area (Å²) in [5.41, 5.74) is 2.76. The third kappa shape index (κ3) is 4.19.